The van der Waals surface area contributed by atoms with E-state index in [2.05, 4.69) is 406 Å². The maximum Gasteiger partial charge on any atom is -0.0134 e. The Morgan fingerprint density at radius 1 is 0.247 bits per heavy atom. The van der Waals surface area contributed by atoms with Crippen molar-refractivity contribution in [2.45, 2.75) is 12.8 Å². The Bertz CT molecular complexity index is 3350. The second-order valence-corrected chi connectivity index (χ2v) is 36.3. The topological polar surface area (TPSA) is 12.5 Å². The van der Waals surface area contributed by atoms with Crippen LogP contribution in [-0.2, 0) is 19.9 Å². The summed E-state index contributed by atoms with van der Waals surface area (Å²) in [6.07, 6.45) is 4.93. The quantitative estimate of drug-likeness (QED) is 0.0591. The molecule has 0 amide bonds. The summed E-state index contributed by atoms with van der Waals surface area (Å²) in [5.74, 6) is 0. The Balaban J connectivity index is 0.000000149. The fourth-order valence-electron chi connectivity index (χ4n) is 10.9. The predicted octanol–water partition coefficient (Wildman–Crippen LogP) is 17.7. The number of halogens is 2. The smallest absolute Gasteiger partial charge is 0.0134 e. The van der Waals surface area contributed by atoms with Crippen molar-refractivity contribution in [2.75, 3.05) is 45.7 Å². The van der Waals surface area contributed by atoms with Crippen LogP contribution in [0.25, 0.3) is 0 Å². The van der Waals surface area contributed by atoms with Crippen LogP contribution in [0.4, 0.5) is 0 Å². The van der Waals surface area contributed by atoms with Crippen molar-refractivity contribution in [3.8, 4) is 0 Å². The van der Waals surface area contributed by atoms with Gasteiger partial charge in [-0.2, -0.15) is 0 Å². The Morgan fingerprint density at radius 2 is 0.381 bits per heavy atom. The molecule has 10 heteroatoms. The molecule has 97 heavy (non-hydrogen) atoms. The molecule has 2 nitrogen and oxygen atoms in total. The molecule has 1 heterocycles. The third-order valence-electron chi connectivity index (χ3n) is 15.6. The van der Waals surface area contributed by atoms with Crippen molar-refractivity contribution in [1.82, 2.24) is 4.90 Å². The summed E-state index contributed by atoms with van der Waals surface area (Å²) in [6, 6.07) is 141. The van der Waals surface area contributed by atoms with Gasteiger partial charge in [-0.25, -0.2) is 0 Å². The number of hydrogen-bond donors (Lipinski definition) is 0. The second kappa shape index (κ2) is 44.2. The first kappa shape index (κ1) is 74.4. The molecule has 490 valence electrons. The fraction of sp³-hybridized carbons (Fsp3) is 0.103. The molecule has 0 aromatic heterocycles. The Morgan fingerprint density at radius 3 is 0.505 bits per heavy atom. The second-order valence-electron chi connectivity index (χ2n) is 22.3. The maximum absolute atomic E-state index is 4.94. The first-order valence-electron chi connectivity index (χ1n) is 32.8. The molecule has 0 radical (unpaired) electrons. The standard InChI is InChI=1S/C29H31NP2.3C18H15P.C4H8O.2ClH.Ru/c1-30(22-24-31(26-14-6-2-7-15-26)27-16-8-3-9-17-27)23-25-32(28-18-10-4-11-19-28)29-20-12-5-13-21-29;3*1-4-10-16(11-5-1)19(17-12-6-2-7-13-17)18-14-8-3-9-15-18;1-2-4-5-3-1;;;/h2-21H,22-25H2,1H3;3*1-15H;1-4H2;2*1H;/q;;;;;;;+2/p-2. The fourth-order valence-corrected chi connectivity index (χ4v) is 22.7. The van der Waals surface area contributed by atoms with Gasteiger partial charge in [-0.3, -0.25) is 0 Å². The van der Waals surface area contributed by atoms with E-state index in [1.807, 2.05) is 0 Å². The van der Waals surface area contributed by atoms with Crippen LogP contribution in [0.2, 0.25) is 0 Å². The molecule has 0 saturated carbocycles. The number of benzene rings is 13. The molecule has 0 atom stereocenters. The molecular formula is C87H84Cl2NOP5Ru. The van der Waals surface area contributed by atoms with E-state index in [0.29, 0.717) is 0 Å². The van der Waals surface area contributed by atoms with Gasteiger partial charge in [-0.1, -0.05) is 394 Å². The van der Waals surface area contributed by atoms with Gasteiger partial charge in [-0.15, -0.1) is 0 Å². The molecule has 0 bridgehead atoms. The third-order valence-corrected chi connectivity index (χ3v) is 28.0. The molecule has 0 spiro atoms. The van der Waals surface area contributed by atoms with E-state index in [-0.39, 0.29) is 31.0 Å². The minimum Gasteiger partial charge on any atom is -0.0622 e. The van der Waals surface area contributed by atoms with Crippen LogP contribution >= 0.6 is 59.0 Å². The summed E-state index contributed by atoms with van der Waals surface area (Å²) in [7, 11) is 9.99. The molecule has 13 aromatic carbocycles. The van der Waals surface area contributed by atoms with E-state index in [0.717, 1.165) is 26.3 Å². The predicted molar refractivity (Wildman–Crippen MR) is 433 cm³/mol. The minimum atomic E-state index is -0.446. The summed E-state index contributed by atoms with van der Waals surface area (Å²) in [5, 5.41) is 18.5. The van der Waals surface area contributed by atoms with Gasteiger partial charge in [-0.05, 0) is 141 Å². The summed E-state index contributed by atoms with van der Waals surface area (Å²) in [4.78, 5) is 2.53. The first-order chi connectivity index (χ1) is 48.1. The molecule has 1 fully saturated rings. The van der Waals surface area contributed by atoms with Crippen LogP contribution in [0.15, 0.2) is 394 Å². The van der Waals surface area contributed by atoms with E-state index in [1.165, 1.54) is 94.1 Å². The van der Waals surface area contributed by atoms with Gasteiger partial charge in [0.2, 0.25) is 0 Å². The van der Waals surface area contributed by atoms with Gasteiger partial charge in [0, 0.05) is 26.3 Å². The largest absolute Gasteiger partial charge is 0.0622 e. The SMILES string of the molecule is C1CCOC1.CN(CCP(c1ccccc1)c1ccccc1)CCP(c1ccccc1)c1ccccc1.[Cl][Ru][Cl].c1ccc(P(c2ccccc2)c2ccccc2)cc1.c1ccc(P(c2ccccc2)c2ccccc2)cc1.c1ccc(P(c2ccccc2)c2ccccc2)cc1. The van der Waals surface area contributed by atoms with Crippen molar-refractivity contribution >= 4 is 128 Å². The molecule has 0 aliphatic carbocycles. The molecule has 1 saturated heterocycles. The van der Waals surface area contributed by atoms with Gasteiger partial charge in [0.1, 0.15) is 0 Å². The number of rotatable bonds is 19. The van der Waals surface area contributed by atoms with Crippen LogP contribution < -0.4 is 69.0 Å². The van der Waals surface area contributed by atoms with Gasteiger partial charge in [0.25, 0.3) is 0 Å². The molecular weight excluding hydrogens is 1400 g/mol. The molecule has 1 aliphatic heterocycles. The zero-order chi connectivity index (χ0) is 67.0. The zero-order valence-corrected chi connectivity index (χ0v) is 62.6. The van der Waals surface area contributed by atoms with Crippen LogP contribution in [-0.4, -0.2) is 50.6 Å². The molecule has 0 unspecified atom stereocenters. The van der Waals surface area contributed by atoms with Crippen molar-refractivity contribution in [3.63, 3.8) is 0 Å². The number of ether oxygens (including phenoxy) is 1. The third kappa shape index (κ3) is 25.1. The van der Waals surface area contributed by atoms with Gasteiger partial charge >= 0.3 is 34.5 Å². The van der Waals surface area contributed by atoms with Crippen molar-refractivity contribution in [1.29, 1.82) is 0 Å². The number of nitrogens with zero attached hydrogens (tertiary/aromatic N) is 1. The van der Waals surface area contributed by atoms with Gasteiger partial charge in [0.15, 0.2) is 0 Å². The molecule has 0 N–H and O–H groups in total. The van der Waals surface area contributed by atoms with Crippen LogP contribution in [0.5, 0.6) is 0 Å². The maximum atomic E-state index is 4.94. The minimum absolute atomic E-state index is 0.333. The molecule has 14 rings (SSSR count). The van der Waals surface area contributed by atoms with Gasteiger partial charge in [0.05, 0.1) is 0 Å². The van der Waals surface area contributed by atoms with Crippen LogP contribution in [0.3, 0.4) is 0 Å². The normalized spacial score (nSPS) is 11.4. The average molecular weight is 1490 g/mol. The van der Waals surface area contributed by atoms with Crippen LogP contribution in [0, 0.1) is 0 Å². The first-order valence-corrected chi connectivity index (χ1v) is 44.4. The van der Waals surface area contributed by atoms with Crippen LogP contribution in [0.1, 0.15) is 12.8 Å². The molecule has 1 aliphatic rings. The van der Waals surface area contributed by atoms with E-state index in [1.54, 1.807) is 0 Å². The average Bonchev–Trinajstić information content (AvgIpc) is 3.82. The number of hydrogen-bond acceptors (Lipinski definition) is 2. The summed E-state index contributed by atoms with van der Waals surface area (Å²) < 4.78 is 4.94. The summed E-state index contributed by atoms with van der Waals surface area (Å²) in [6.45, 7) is 4.23. The Kier molecular flexibility index (Phi) is 33.9. The monoisotopic (exact) mass is 1490 g/mol. The van der Waals surface area contributed by atoms with Gasteiger partial charge < -0.3 is 9.64 Å². The van der Waals surface area contributed by atoms with E-state index >= 15 is 0 Å². The Hall–Kier alpha value is -6.87. The summed E-state index contributed by atoms with van der Waals surface area (Å²) in [5.41, 5.74) is 0. The van der Waals surface area contributed by atoms with E-state index in [9.17, 15) is 0 Å². The van der Waals surface area contributed by atoms with Crippen molar-refractivity contribution in [2.24, 2.45) is 0 Å². The zero-order valence-electron chi connectivity index (χ0n) is 54.9. The van der Waals surface area contributed by atoms with Crippen molar-refractivity contribution in [3.05, 3.63) is 394 Å². The Labute approximate surface area is 600 Å². The molecule has 13 aromatic rings. The van der Waals surface area contributed by atoms with Crippen molar-refractivity contribution < 1.29 is 19.9 Å². The van der Waals surface area contributed by atoms with E-state index in [4.69, 9.17) is 24.1 Å². The summed E-state index contributed by atoms with van der Waals surface area (Å²) >= 11 is -0.346. The van der Waals surface area contributed by atoms with E-state index < -0.39 is 23.8 Å².